The third-order valence-electron chi connectivity index (χ3n) is 17.9. The highest BCUT2D eigenvalue weighted by Crippen LogP contribution is 2.53. The molecule has 5 aromatic rings. The molecule has 376 valence electrons. The van der Waals surface area contributed by atoms with Crippen molar-refractivity contribution in [1.29, 1.82) is 0 Å². The van der Waals surface area contributed by atoms with Crippen molar-refractivity contribution >= 4 is 50.9 Å². The van der Waals surface area contributed by atoms with Gasteiger partial charge in [-0.25, -0.2) is 8.78 Å². The zero-order chi connectivity index (χ0) is 49.0. The lowest BCUT2D eigenvalue weighted by atomic mass is 9.60. The fraction of sp³-hybridized carbons (Fsp3) is 0.527. The van der Waals surface area contributed by atoms with Crippen molar-refractivity contribution in [3.63, 3.8) is 0 Å². The number of aromatic hydroxyl groups is 1. The van der Waals surface area contributed by atoms with Gasteiger partial charge in [-0.15, -0.1) is 0 Å². The summed E-state index contributed by atoms with van der Waals surface area (Å²) in [6.07, 6.45) is 11.8. The lowest BCUT2D eigenvalue weighted by Gasteiger charge is -2.56. The zero-order valence-electron chi connectivity index (χ0n) is 40.9. The molecule has 13 rings (SSSR count). The highest BCUT2D eigenvalue weighted by Gasteiger charge is 2.51. The van der Waals surface area contributed by atoms with Crippen LogP contribution in [-0.2, 0) is 22.6 Å². The van der Waals surface area contributed by atoms with Gasteiger partial charge >= 0.3 is 6.01 Å². The average Bonchev–Trinajstić information content (AvgIpc) is 3.95. The molecule has 2 saturated carbocycles. The minimum absolute atomic E-state index is 0.00310. The number of piperidine rings is 2. The van der Waals surface area contributed by atoms with Gasteiger partial charge in [0.25, 0.3) is 5.91 Å². The van der Waals surface area contributed by atoms with Crippen LogP contribution in [-0.4, -0.2) is 142 Å². The average molecular weight is 981 g/mol. The molecule has 0 radical (unpaired) electrons. The van der Waals surface area contributed by atoms with E-state index in [1.54, 1.807) is 23.2 Å². The molecule has 7 fully saturated rings. The first-order valence-electron chi connectivity index (χ1n) is 26.3. The van der Waals surface area contributed by atoms with Crippen molar-refractivity contribution in [2.75, 3.05) is 75.3 Å². The second kappa shape index (κ2) is 17.6. The van der Waals surface area contributed by atoms with Gasteiger partial charge in [0.1, 0.15) is 34.6 Å². The summed E-state index contributed by atoms with van der Waals surface area (Å²) in [5, 5.41) is 18.5. The van der Waals surface area contributed by atoms with Crippen molar-refractivity contribution in [3.8, 4) is 23.0 Å². The highest BCUT2D eigenvalue weighted by atomic mass is 19.1. The molecule has 2 unspecified atom stereocenters. The Morgan fingerprint density at radius 3 is 2.38 bits per heavy atom. The monoisotopic (exact) mass is 980 g/mol. The third kappa shape index (κ3) is 8.10. The number of pyridine rings is 1. The molecule has 1 spiro atoms. The maximum Gasteiger partial charge on any atom is 0.319 e. The molecule has 17 heteroatoms. The van der Waals surface area contributed by atoms with Gasteiger partial charge in [-0.05, 0) is 141 Å². The molecule has 15 nitrogen and oxygen atoms in total. The van der Waals surface area contributed by atoms with Crippen molar-refractivity contribution in [3.05, 3.63) is 77.0 Å². The van der Waals surface area contributed by atoms with Gasteiger partial charge in [-0.3, -0.25) is 29.6 Å². The Bertz CT molecular complexity index is 3020. The van der Waals surface area contributed by atoms with E-state index in [9.17, 15) is 19.5 Å². The Morgan fingerprint density at radius 2 is 1.64 bits per heavy atom. The molecule has 72 heavy (non-hydrogen) atoms. The van der Waals surface area contributed by atoms with Gasteiger partial charge in [0, 0.05) is 105 Å². The summed E-state index contributed by atoms with van der Waals surface area (Å²) in [6.45, 7) is 11.1. The first-order valence-corrected chi connectivity index (χ1v) is 26.3. The van der Waals surface area contributed by atoms with E-state index >= 15 is 8.78 Å². The number of ether oxygens (including phenoxy) is 1. The number of hydrogen-bond acceptors (Lipinski definition) is 13. The molecule has 2 aromatic heterocycles. The summed E-state index contributed by atoms with van der Waals surface area (Å²) in [5.74, 6) is -1.29. The number of imide groups is 1. The normalized spacial score (nSPS) is 25.1. The van der Waals surface area contributed by atoms with Gasteiger partial charge in [-0.1, -0.05) is 13.0 Å². The highest BCUT2D eigenvalue weighted by molar-refractivity contribution is 6.06. The van der Waals surface area contributed by atoms with Gasteiger partial charge in [0.05, 0.1) is 12.0 Å². The Morgan fingerprint density at radius 1 is 0.861 bits per heavy atom. The van der Waals surface area contributed by atoms with E-state index in [-0.39, 0.29) is 58.3 Å². The lowest BCUT2D eigenvalue weighted by molar-refractivity contribution is -0.136. The molecular formula is C55H62F2N10O5. The molecular weight excluding hydrogens is 919 g/mol. The Hall–Kier alpha value is -6.04. The van der Waals surface area contributed by atoms with Crippen LogP contribution in [0.5, 0.6) is 11.8 Å². The molecule has 6 aliphatic heterocycles. The van der Waals surface area contributed by atoms with Crippen LogP contribution in [0.15, 0.2) is 48.7 Å². The van der Waals surface area contributed by atoms with Crippen LogP contribution in [0.25, 0.3) is 32.9 Å². The zero-order valence-corrected chi connectivity index (χ0v) is 40.9. The van der Waals surface area contributed by atoms with Crippen LogP contribution < -0.4 is 25.2 Å². The van der Waals surface area contributed by atoms with E-state index in [0.29, 0.717) is 88.2 Å². The van der Waals surface area contributed by atoms with Gasteiger partial charge in [-0.2, -0.15) is 9.97 Å². The molecule has 8 aliphatic rings. The Labute approximate surface area is 417 Å². The molecule has 5 saturated heterocycles. The Balaban J connectivity index is 0.643. The Kier molecular flexibility index (Phi) is 11.2. The van der Waals surface area contributed by atoms with Crippen LogP contribution >= 0.6 is 0 Å². The summed E-state index contributed by atoms with van der Waals surface area (Å²) < 4.78 is 39.0. The van der Waals surface area contributed by atoms with E-state index in [4.69, 9.17) is 14.7 Å². The molecule has 8 heterocycles. The number of piperazine rings is 2. The van der Waals surface area contributed by atoms with Crippen molar-refractivity contribution in [2.24, 2.45) is 10.8 Å². The van der Waals surface area contributed by atoms with Gasteiger partial charge in [0.2, 0.25) is 11.8 Å². The number of aromatic nitrogens is 3. The van der Waals surface area contributed by atoms with E-state index in [0.717, 1.165) is 95.8 Å². The number of amides is 3. The van der Waals surface area contributed by atoms with Gasteiger partial charge < -0.3 is 34.8 Å². The number of fused-ring (bicyclic) bond motifs is 5. The number of rotatable bonds is 11. The van der Waals surface area contributed by atoms with Crippen LogP contribution in [0.3, 0.4) is 0 Å². The second-order valence-corrected chi connectivity index (χ2v) is 22.4. The minimum atomic E-state index is -0.654. The standard InChI is InChI=1S/C55H62F2N10O5/c1-2-39-43(56)8-3-32-22-38(68)23-41(46(32)39)48-47(57)49-42(26-58-48)50(66-28-34-4-5-35(29-66)59-34)62-53(61-49)72-31-55(11-12-55)30-63-15-13-54(14-16-63)24-37(25-54)65-19-17-64(18-20-65)36-6-7-40-33(21-36)27-67(52(40)71)44-9-10-45(69)60-51(44)70/h3,6-8,21-23,26,34-35,37,44,59,68H,2,4-5,9-20,24-25,27-31H2,1H3,(H,60,69,70)/t34?,35?,44-/m0/s1. The lowest BCUT2D eigenvalue weighted by Crippen LogP contribution is -2.59. The molecule has 3 atom stereocenters. The predicted octanol–water partition coefficient (Wildman–Crippen LogP) is 6.32. The number of carbonyl (C=O) groups excluding carboxylic acids is 3. The van der Waals surface area contributed by atoms with Crippen molar-refractivity contribution < 1.29 is 33.0 Å². The summed E-state index contributed by atoms with van der Waals surface area (Å²) >= 11 is 0. The topological polar surface area (TPSA) is 160 Å². The van der Waals surface area contributed by atoms with Gasteiger partial charge in [0.15, 0.2) is 5.82 Å². The third-order valence-corrected chi connectivity index (χ3v) is 17.9. The molecule has 2 bridgehead atoms. The number of likely N-dealkylation sites (tertiary alicyclic amines) is 1. The number of nitrogens with one attached hydrogen (secondary N) is 2. The number of aryl methyl sites for hydroxylation is 1. The number of phenolic OH excluding ortho intramolecular Hbond substituents is 1. The first kappa shape index (κ1) is 45.8. The summed E-state index contributed by atoms with van der Waals surface area (Å²) in [4.78, 5) is 63.5. The maximum atomic E-state index is 17.2. The second-order valence-electron chi connectivity index (χ2n) is 22.4. The summed E-state index contributed by atoms with van der Waals surface area (Å²) in [6, 6.07) is 12.9. The van der Waals surface area contributed by atoms with Crippen molar-refractivity contribution in [1.82, 2.24) is 40.3 Å². The predicted molar refractivity (Wildman–Crippen MR) is 268 cm³/mol. The molecule has 3 amide bonds. The van der Waals surface area contributed by atoms with E-state index in [1.807, 2.05) is 19.1 Å². The first-order chi connectivity index (χ1) is 34.9. The van der Waals surface area contributed by atoms with E-state index in [1.165, 1.54) is 37.8 Å². The van der Waals surface area contributed by atoms with E-state index in [2.05, 4.69) is 41.3 Å². The van der Waals surface area contributed by atoms with Crippen LogP contribution in [0, 0.1) is 22.5 Å². The fourth-order valence-corrected chi connectivity index (χ4v) is 13.6. The molecule has 2 aliphatic carbocycles. The fourth-order valence-electron chi connectivity index (χ4n) is 13.6. The number of halogens is 2. The number of carbonyl (C=O) groups is 3. The minimum Gasteiger partial charge on any atom is -0.508 e. The number of nitrogens with zero attached hydrogens (tertiary/aromatic N) is 8. The number of anilines is 2. The number of phenols is 1. The quantitative estimate of drug-likeness (QED) is 0.127. The number of hydrogen-bond donors (Lipinski definition) is 3. The largest absolute Gasteiger partial charge is 0.508 e. The van der Waals surface area contributed by atoms with Crippen molar-refractivity contribution in [2.45, 2.75) is 108 Å². The number of benzene rings is 3. The van der Waals surface area contributed by atoms with E-state index < -0.39 is 11.9 Å². The van der Waals surface area contributed by atoms with Crippen LogP contribution in [0.4, 0.5) is 20.3 Å². The molecule has 3 N–H and O–H groups in total. The maximum absolute atomic E-state index is 17.2. The smallest absolute Gasteiger partial charge is 0.319 e. The summed E-state index contributed by atoms with van der Waals surface area (Å²) in [5.41, 5.74) is 3.95. The SMILES string of the molecule is CCc1c(F)ccc2cc(O)cc(-c3ncc4c(N5CC6CCC(C5)N6)nc(OCC5(CN6CCC7(CC6)CC(N6CCN(c8ccc9c(c8)CN([C@H]8CCC(=O)NC8=O)C9=O)CC6)C7)CC5)nc4c3F)c12. The molecule has 3 aromatic carbocycles. The van der Waals surface area contributed by atoms with Crippen LogP contribution in [0.1, 0.15) is 92.6 Å². The van der Waals surface area contributed by atoms with Crippen LogP contribution in [0.2, 0.25) is 0 Å². The summed E-state index contributed by atoms with van der Waals surface area (Å²) in [7, 11) is 0.